The van der Waals surface area contributed by atoms with E-state index < -0.39 is 11.5 Å². The molecule has 26 heavy (non-hydrogen) atoms. The maximum Gasteiger partial charge on any atom is 0.349 e. The Labute approximate surface area is 150 Å². The summed E-state index contributed by atoms with van der Waals surface area (Å²) in [6, 6.07) is 6.67. The van der Waals surface area contributed by atoms with Crippen LogP contribution in [0.1, 0.15) is 35.6 Å². The summed E-state index contributed by atoms with van der Waals surface area (Å²) in [6.07, 6.45) is 3.20. The maximum atomic E-state index is 12.3. The van der Waals surface area contributed by atoms with Gasteiger partial charge in [0.1, 0.15) is 16.9 Å². The molecule has 0 bridgehead atoms. The molecule has 7 heteroatoms. The van der Waals surface area contributed by atoms with Crippen molar-refractivity contribution in [2.45, 2.75) is 33.4 Å². The molecule has 0 spiro atoms. The predicted molar refractivity (Wildman–Crippen MR) is 96.2 cm³/mol. The van der Waals surface area contributed by atoms with Crippen LogP contribution in [0.3, 0.4) is 0 Å². The quantitative estimate of drug-likeness (QED) is 0.709. The number of aromatic nitrogens is 2. The van der Waals surface area contributed by atoms with Gasteiger partial charge in [0, 0.05) is 17.6 Å². The van der Waals surface area contributed by atoms with Crippen molar-refractivity contribution in [2.24, 2.45) is 0 Å². The summed E-state index contributed by atoms with van der Waals surface area (Å²) in [4.78, 5) is 32.8. The van der Waals surface area contributed by atoms with Crippen LogP contribution in [0.2, 0.25) is 0 Å². The summed E-state index contributed by atoms with van der Waals surface area (Å²) in [7, 11) is 0. The molecule has 3 aromatic rings. The lowest BCUT2D eigenvalue weighted by molar-refractivity contribution is 0.0947. The van der Waals surface area contributed by atoms with Crippen molar-refractivity contribution in [2.75, 3.05) is 0 Å². The largest absolute Gasteiger partial charge is 0.491 e. The van der Waals surface area contributed by atoms with Crippen LogP contribution in [0.4, 0.5) is 0 Å². The first-order valence-electron chi connectivity index (χ1n) is 8.22. The third-order valence-electron chi connectivity index (χ3n) is 3.59. The Morgan fingerprint density at radius 2 is 2.04 bits per heavy atom. The predicted octanol–water partition coefficient (Wildman–Crippen LogP) is 2.61. The van der Waals surface area contributed by atoms with Gasteiger partial charge in [-0.2, -0.15) is 0 Å². The number of nitrogens with one attached hydrogen (secondary N) is 1. The van der Waals surface area contributed by atoms with E-state index in [0.717, 1.165) is 5.69 Å². The Balaban J connectivity index is 1.80. The molecule has 0 aliphatic rings. The Hall–Kier alpha value is -3.22. The van der Waals surface area contributed by atoms with Gasteiger partial charge in [-0.3, -0.25) is 14.8 Å². The van der Waals surface area contributed by atoms with Gasteiger partial charge < -0.3 is 14.5 Å². The lowest BCUT2D eigenvalue weighted by Gasteiger charge is -2.10. The first-order chi connectivity index (χ1) is 12.4. The summed E-state index contributed by atoms with van der Waals surface area (Å²) in [5.41, 5.74) is 0.997. The smallest absolute Gasteiger partial charge is 0.349 e. The first-order valence-corrected chi connectivity index (χ1v) is 8.22. The maximum absolute atomic E-state index is 12.3. The molecule has 1 amide bonds. The number of hydrogen-bond donors (Lipinski definition) is 1. The van der Waals surface area contributed by atoms with Crippen LogP contribution < -0.4 is 15.7 Å². The molecule has 7 nitrogen and oxygen atoms in total. The van der Waals surface area contributed by atoms with E-state index in [1.807, 2.05) is 20.8 Å². The molecule has 1 aromatic carbocycles. The summed E-state index contributed by atoms with van der Waals surface area (Å²) in [5.74, 6) is 0.0799. The monoisotopic (exact) mass is 353 g/mol. The lowest BCUT2D eigenvalue weighted by atomic mass is 10.1. The van der Waals surface area contributed by atoms with Gasteiger partial charge in [-0.15, -0.1) is 0 Å². The number of carbonyl (C=O) groups excluding carboxylic acids is 1. The van der Waals surface area contributed by atoms with Crippen LogP contribution in [-0.2, 0) is 6.54 Å². The second-order valence-corrected chi connectivity index (χ2v) is 6.15. The van der Waals surface area contributed by atoms with Crippen LogP contribution in [0, 0.1) is 6.92 Å². The van der Waals surface area contributed by atoms with Gasteiger partial charge in [-0.1, -0.05) is 0 Å². The topological polar surface area (TPSA) is 94.3 Å². The van der Waals surface area contributed by atoms with Crippen molar-refractivity contribution in [3.63, 3.8) is 0 Å². The van der Waals surface area contributed by atoms with E-state index in [1.165, 1.54) is 6.07 Å². The Morgan fingerprint density at radius 3 is 2.73 bits per heavy atom. The Morgan fingerprint density at radius 1 is 1.23 bits per heavy atom. The molecule has 3 rings (SSSR count). The van der Waals surface area contributed by atoms with E-state index in [2.05, 4.69) is 15.3 Å². The fraction of sp³-hybridized carbons (Fsp3) is 0.263. The van der Waals surface area contributed by atoms with Crippen molar-refractivity contribution in [1.82, 2.24) is 15.3 Å². The van der Waals surface area contributed by atoms with Crippen molar-refractivity contribution in [3.05, 3.63) is 64.0 Å². The normalized spacial score (nSPS) is 10.9. The van der Waals surface area contributed by atoms with E-state index in [1.54, 1.807) is 30.6 Å². The molecular formula is C19H19N3O4. The SMILES string of the molecule is Cc1cnc(CNC(=O)c2cc3ccc(OC(C)C)cc3oc2=O)cn1. The summed E-state index contributed by atoms with van der Waals surface area (Å²) in [5, 5.41) is 3.29. The van der Waals surface area contributed by atoms with Crippen molar-refractivity contribution < 1.29 is 13.9 Å². The highest BCUT2D eigenvalue weighted by Gasteiger charge is 2.14. The van der Waals surface area contributed by atoms with E-state index >= 15 is 0 Å². The second kappa shape index (κ2) is 7.35. The van der Waals surface area contributed by atoms with Gasteiger partial charge >= 0.3 is 5.63 Å². The third-order valence-corrected chi connectivity index (χ3v) is 3.59. The average Bonchev–Trinajstić information content (AvgIpc) is 2.60. The first kappa shape index (κ1) is 17.6. The molecule has 2 heterocycles. The zero-order valence-corrected chi connectivity index (χ0v) is 14.8. The molecule has 0 atom stereocenters. The van der Waals surface area contributed by atoms with Crippen molar-refractivity contribution >= 4 is 16.9 Å². The highest BCUT2D eigenvalue weighted by molar-refractivity contribution is 5.96. The van der Waals surface area contributed by atoms with Crippen LogP contribution in [0.25, 0.3) is 11.0 Å². The lowest BCUT2D eigenvalue weighted by Crippen LogP contribution is -2.28. The molecule has 1 N–H and O–H groups in total. The van der Waals surface area contributed by atoms with Crippen LogP contribution in [0.15, 0.2) is 45.9 Å². The Kier molecular flexibility index (Phi) is 4.97. The minimum atomic E-state index is -0.702. The zero-order chi connectivity index (χ0) is 18.7. The highest BCUT2D eigenvalue weighted by atomic mass is 16.5. The van der Waals surface area contributed by atoms with E-state index in [-0.39, 0.29) is 18.2 Å². The Bertz CT molecular complexity index is 994. The number of carbonyl (C=O) groups is 1. The molecule has 0 radical (unpaired) electrons. The average molecular weight is 353 g/mol. The van der Waals surface area contributed by atoms with E-state index in [4.69, 9.17) is 9.15 Å². The number of rotatable bonds is 5. The molecule has 0 saturated carbocycles. The standard InChI is InChI=1S/C19H19N3O4/c1-11(2)25-15-5-4-13-6-16(19(24)26-17(13)7-15)18(23)22-10-14-9-20-12(3)8-21-14/h4-9,11H,10H2,1-3H3,(H,22,23). The van der Waals surface area contributed by atoms with E-state index in [9.17, 15) is 9.59 Å². The minimum absolute atomic E-state index is 0.00842. The molecule has 0 aliphatic heterocycles. The third kappa shape index (κ3) is 4.05. The van der Waals surface area contributed by atoms with Gasteiger partial charge in [0.15, 0.2) is 0 Å². The second-order valence-electron chi connectivity index (χ2n) is 6.15. The number of hydrogen-bond acceptors (Lipinski definition) is 6. The molecular weight excluding hydrogens is 334 g/mol. The van der Waals surface area contributed by atoms with Gasteiger partial charge in [-0.05, 0) is 39.0 Å². The minimum Gasteiger partial charge on any atom is -0.491 e. The number of fused-ring (bicyclic) bond motifs is 1. The number of aryl methyl sites for hydroxylation is 1. The summed E-state index contributed by atoms with van der Waals surface area (Å²) >= 11 is 0. The van der Waals surface area contributed by atoms with E-state index in [0.29, 0.717) is 22.4 Å². The van der Waals surface area contributed by atoms with Crippen LogP contribution in [0.5, 0.6) is 5.75 Å². The van der Waals surface area contributed by atoms with Gasteiger partial charge in [0.25, 0.3) is 5.91 Å². The molecule has 2 aromatic heterocycles. The molecule has 134 valence electrons. The number of nitrogens with zero attached hydrogens (tertiary/aromatic N) is 2. The molecule has 0 unspecified atom stereocenters. The van der Waals surface area contributed by atoms with Gasteiger partial charge in [0.2, 0.25) is 0 Å². The van der Waals surface area contributed by atoms with Crippen molar-refractivity contribution in [3.8, 4) is 5.75 Å². The summed E-state index contributed by atoms with van der Waals surface area (Å²) < 4.78 is 10.9. The number of benzene rings is 1. The molecule has 0 saturated heterocycles. The summed E-state index contributed by atoms with van der Waals surface area (Å²) in [6.45, 7) is 5.82. The zero-order valence-electron chi connectivity index (χ0n) is 14.8. The number of amides is 1. The van der Waals surface area contributed by atoms with Gasteiger partial charge in [-0.25, -0.2) is 4.79 Å². The van der Waals surface area contributed by atoms with Crippen LogP contribution in [-0.4, -0.2) is 22.0 Å². The molecule has 0 aliphatic carbocycles. The van der Waals surface area contributed by atoms with Crippen molar-refractivity contribution in [1.29, 1.82) is 0 Å². The highest BCUT2D eigenvalue weighted by Crippen LogP contribution is 2.21. The molecule has 0 fully saturated rings. The fourth-order valence-electron chi connectivity index (χ4n) is 2.37. The fourth-order valence-corrected chi connectivity index (χ4v) is 2.37. The van der Waals surface area contributed by atoms with Crippen LogP contribution >= 0.6 is 0 Å². The van der Waals surface area contributed by atoms with Gasteiger partial charge in [0.05, 0.1) is 30.2 Å². The number of ether oxygens (including phenoxy) is 1.